The molecule has 3 aromatic rings. The van der Waals surface area contributed by atoms with Crippen LogP contribution < -0.4 is 5.32 Å². The van der Waals surface area contributed by atoms with Crippen LogP contribution in [0.2, 0.25) is 0 Å². The molecule has 0 saturated heterocycles. The molecule has 0 saturated carbocycles. The van der Waals surface area contributed by atoms with E-state index < -0.39 is 18.0 Å². The van der Waals surface area contributed by atoms with Gasteiger partial charge in [-0.25, -0.2) is 4.79 Å². The number of hydrogen-bond acceptors (Lipinski definition) is 5. The third-order valence-electron chi connectivity index (χ3n) is 4.15. The fourth-order valence-electron chi connectivity index (χ4n) is 2.57. The van der Waals surface area contributed by atoms with Gasteiger partial charge in [-0.2, -0.15) is 5.26 Å². The van der Waals surface area contributed by atoms with E-state index in [1.54, 1.807) is 24.3 Å². The standard InChI is InChI=1S/C22H18N2O3S/c1-14-3-7-17(8-4-14)19-11-12-28-20(19)22(26)27-15(2)21(25)24-18-9-5-16(13-23)6-10-18/h3-12,15H,1-2H3,(H,24,25)/t15-/m0/s1. The summed E-state index contributed by atoms with van der Waals surface area (Å²) < 4.78 is 5.37. The van der Waals surface area contributed by atoms with Crippen molar-refractivity contribution in [2.24, 2.45) is 0 Å². The summed E-state index contributed by atoms with van der Waals surface area (Å²) in [6.07, 6.45) is -0.962. The van der Waals surface area contributed by atoms with Gasteiger partial charge in [0.1, 0.15) is 4.88 Å². The number of carbonyl (C=O) groups excluding carboxylic acids is 2. The normalized spacial score (nSPS) is 11.3. The zero-order chi connectivity index (χ0) is 20.1. The highest BCUT2D eigenvalue weighted by Crippen LogP contribution is 2.29. The van der Waals surface area contributed by atoms with E-state index in [2.05, 4.69) is 5.32 Å². The minimum absolute atomic E-state index is 0.438. The van der Waals surface area contributed by atoms with E-state index in [1.165, 1.54) is 18.3 Å². The highest BCUT2D eigenvalue weighted by molar-refractivity contribution is 7.12. The molecule has 0 aliphatic carbocycles. The van der Waals surface area contributed by atoms with Crippen LogP contribution in [0.25, 0.3) is 11.1 Å². The number of anilines is 1. The van der Waals surface area contributed by atoms with Crippen LogP contribution in [0.15, 0.2) is 60.0 Å². The van der Waals surface area contributed by atoms with Crippen LogP contribution in [0.4, 0.5) is 5.69 Å². The molecular weight excluding hydrogens is 372 g/mol. The molecule has 0 radical (unpaired) electrons. The summed E-state index contributed by atoms with van der Waals surface area (Å²) in [6.45, 7) is 3.52. The third kappa shape index (κ3) is 4.45. The van der Waals surface area contributed by atoms with Crippen molar-refractivity contribution in [3.05, 3.63) is 76.0 Å². The van der Waals surface area contributed by atoms with Crippen LogP contribution in [-0.4, -0.2) is 18.0 Å². The average Bonchev–Trinajstić information content (AvgIpc) is 3.19. The van der Waals surface area contributed by atoms with E-state index in [0.717, 1.165) is 16.7 Å². The van der Waals surface area contributed by atoms with Crippen LogP contribution in [0.5, 0.6) is 0 Å². The number of nitrogens with zero attached hydrogens (tertiary/aromatic N) is 1. The molecule has 1 N–H and O–H groups in total. The lowest BCUT2D eigenvalue weighted by Crippen LogP contribution is -2.29. The van der Waals surface area contributed by atoms with Gasteiger partial charge in [0.25, 0.3) is 5.91 Å². The molecule has 28 heavy (non-hydrogen) atoms. The zero-order valence-electron chi connectivity index (χ0n) is 15.4. The van der Waals surface area contributed by atoms with E-state index in [-0.39, 0.29) is 0 Å². The Labute approximate surface area is 167 Å². The number of ether oxygens (including phenoxy) is 1. The Morgan fingerprint density at radius 2 is 1.75 bits per heavy atom. The lowest BCUT2D eigenvalue weighted by molar-refractivity contribution is -0.123. The predicted octanol–water partition coefficient (Wildman–Crippen LogP) is 4.78. The van der Waals surface area contributed by atoms with Crippen molar-refractivity contribution in [2.45, 2.75) is 20.0 Å². The van der Waals surface area contributed by atoms with Crippen molar-refractivity contribution < 1.29 is 14.3 Å². The molecule has 0 bridgehead atoms. The van der Waals surface area contributed by atoms with Gasteiger partial charge < -0.3 is 10.1 Å². The minimum Gasteiger partial charge on any atom is -0.448 e. The van der Waals surface area contributed by atoms with Gasteiger partial charge in [-0.05, 0) is 55.1 Å². The molecule has 140 valence electrons. The van der Waals surface area contributed by atoms with E-state index in [9.17, 15) is 9.59 Å². The topological polar surface area (TPSA) is 79.2 Å². The smallest absolute Gasteiger partial charge is 0.349 e. The monoisotopic (exact) mass is 390 g/mol. The zero-order valence-corrected chi connectivity index (χ0v) is 16.2. The number of nitrogens with one attached hydrogen (secondary N) is 1. The van der Waals surface area contributed by atoms with Crippen LogP contribution in [0.3, 0.4) is 0 Å². The maximum atomic E-state index is 12.6. The Bertz CT molecular complexity index is 1030. The maximum absolute atomic E-state index is 12.6. The number of esters is 1. The van der Waals surface area contributed by atoms with Crippen LogP contribution in [-0.2, 0) is 9.53 Å². The van der Waals surface area contributed by atoms with E-state index in [1.807, 2.05) is 48.7 Å². The van der Waals surface area contributed by atoms with Crippen molar-refractivity contribution in [3.8, 4) is 17.2 Å². The van der Waals surface area contributed by atoms with E-state index >= 15 is 0 Å². The molecule has 1 atom stereocenters. The lowest BCUT2D eigenvalue weighted by atomic mass is 10.1. The summed E-state index contributed by atoms with van der Waals surface area (Å²) in [5.41, 5.74) is 3.88. The van der Waals surface area contributed by atoms with Crippen molar-refractivity contribution in [1.29, 1.82) is 5.26 Å². The third-order valence-corrected chi connectivity index (χ3v) is 5.04. The Hall–Kier alpha value is -3.43. The molecule has 0 fully saturated rings. The molecule has 1 aromatic heterocycles. The van der Waals surface area contributed by atoms with Gasteiger partial charge >= 0.3 is 5.97 Å². The maximum Gasteiger partial charge on any atom is 0.349 e. The molecule has 2 aromatic carbocycles. The summed E-state index contributed by atoms with van der Waals surface area (Å²) >= 11 is 1.28. The molecule has 0 aliphatic rings. The molecule has 1 amide bonds. The molecule has 0 unspecified atom stereocenters. The summed E-state index contributed by atoms with van der Waals surface area (Å²) in [5, 5.41) is 13.3. The average molecular weight is 390 g/mol. The first kappa shape index (κ1) is 19.3. The predicted molar refractivity (Wildman–Crippen MR) is 109 cm³/mol. The Balaban J connectivity index is 1.67. The summed E-state index contributed by atoms with van der Waals surface area (Å²) in [4.78, 5) is 25.4. The van der Waals surface area contributed by atoms with Crippen LogP contribution >= 0.6 is 11.3 Å². The van der Waals surface area contributed by atoms with Crippen molar-refractivity contribution >= 4 is 28.9 Å². The second kappa shape index (κ2) is 8.51. The highest BCUT2D eigenvalue weighted by Gasteiger charge is 2.22. The highest BCUT2D eigenvalue weighted by atomic mass is 32.1. The number of amides is 1. The molecule has 3 rings (SSSR count). The minimum atomic E-state index is -0.962. The second-order valence-corrected chi connectivity index (χ2v) is 7.17. The van der Waals surface area contributed by atoms with Crippen LogP contribution in [0.1, 0.15) is 27.7 Å². The van der Waals surface area contributed by atoms with E-state index in [4.69, 9.17) is 10.00 Å². The van der Waals surface area contributed by atoms with Gasteiger partial charge in [-0.1, -0.05) is 29.8 Å². The SMILES string of the molecule is Cc1ccc(-c2ccsc2C(=O)O[C@@H](C)C(=O)Nc2ccc(C#N)cc2)cc1. The first-order chi connectivity index (χ1) is 13.5. The number of rotatable bonds is 5. The molecule has 0 aliphatic heterocycles. The largest absolute Gasteiger partial charge is 0.448 e. The Kier molecular flexibility index (Phi) is 5.87. The van der Waals surface area contributed by atoms with Gasteiger partial charge in [0.05, 0.1) is 11.6 Å². The number of benzene rings is 2. The second-order valence-electron chi connectivity index (χ2n) is 6.26. The molecule has 0 spiro atoms. The van der Waals surface area contributed by atoms with Crippen molar-refractivity contribution in [2.75, 3.05) is 5.32 Å². The van der Waals surface area contributed by atoms with Gasteiger partial charge in [0.15, 0.2) is 6.10 Å². The van der Waals surface area contributed by atoms with Crippen molar-refractivity contribution in [1.82, 2.24) is 0 Å². The number of aryl methyl sites for hydroxylation is 1. The number of carbonyl (C=O) groups is 2. The summed E-state index contributed by atoms with van der Waals surface area (Å²) in [5.74, 6) is -0.973. The summed E-state index contributed by atoms with van der Waals surface area (Å²) in [6, 6.07) is 18.2. The molecule has 1 heterocycles. The van der Waals surface area contributed by atoms with Gasteiger partial charge in [-0.3, -0.25) is 4.79 Å². The fourth-order valence-corrected chi connectivity index (χ4v) is 3.36. The lowest BCUT2D eigenvalue weighted by Gasteiger charge is -2.14. The van der Waals surface area contributed by atoms with Gasteiger partial charge in [0.2, 0.25) is 0 Å². The Morgan fingerprint density at radius 1 is 1.07 bits per heavy atom. The number of nitriles is 1. The molecular formula is C22H18N2O3S. The van der Waals surface area contributed by atoms with Crippen molar-refractivity contribution in [3.63, 3.8) is 0 Å². The number of hydrogen-bond donors (Lipinski definition) is 1. The quantitative estimate of drug-likeness (QED) is 0.636. The van der Waals surface area contributed by atoms with E-state index in [0.29, 0.717) is 16.1 Å². The van der Waals surface area contributed by atoms with Crippen LogP contribution in [0, 0.1) is 18.3 Å². The molecule has 6 heteroatoms. The van der Waals surface area contributed by atoms with Gasteiger partial charge in [0, 0.05) is 11.3 Å². The van der Waals surface area contributed by atoms with Gasteiger partial charge in [-0.15, -0.1) is 11.3 Å². The Morgan fingerprint density at radius 3 is 2.39 bits per heavy atom. The fraction of sp³-hybridized carbons (Fsp3) is 0.136. The molecule has 5 nitrogen and oxygen atoms in total. The first-order valence-electron chi connectivity index (χ1n) is 8.64. The summed E-state index contributed by atoms with van der Waals surface area (Å²) in [7, 11) is 0. The first-order valence-corrected chi connectivity index (χ1v) is 9.52. The number of thiophene rings is 1.